The largest absolute Gasteiger partial charge is 0.497 e. The van der Waals surface area contributed by atoms with Gasteiger partial charge < -0.3 is 14.3 Å². The maximum absolute atomic E-state index is 5.61. The van der Waals surface area contributed by atoms with Gasteiger partial charge in [0, 0.05) is 18.5 Å². The van der Waals surface area contributed by atoms with Crippen molar-refractivity contribution in [3.8, 4) is 23.4 Å². The summed E-state index contributed by atoms with van der Waals surface area (Å²) in [7, 11) is 1.60. The van der Waals surface area contributed by atoms with Crippen molar-refractivity contribution in [2.75, 3.05) is 7.11 Å². The van der Waals surface area contributed by atoms with E-state index in [4.69, 9.17) is 14.3 Å². The van der Waals surface area contributed by atoms with Gasteiger partial charge in [-0.2, -0.15) is 4.98 Å². The fourth-order valence-corrected chi connectivity index (χ4v) is 2.07. The molecular weight excluding hydrogens is 324 g/mol. The number of methoxy groups -OCH3 is 1. The topological polar surface area (TPSA) is 97.1 Å². The van der Waals surface area contributed by atoms with Gasteiger partial charge in [-0.05, 0) is 41.6 Å². The summed E-state index contributed by atoms with van der Waals surface area (Å²) in [6.07, 6.45) is 3.15. The highest BCUT2D eigenvalue weighted by molar-refractivity contribution is 5.68. The molecule has 0 aliphatic rings. The first-order valence-corrected chi connectivity index (χ1v) is 7.31. The van der Waals surface area contributed by atoms with Gasteiger partial charge in [-0.25, -0.2) is 9.97 Å². The highest BCUT2D eigenvalue weighted by Crippen LogP contribution is 2.22. The van der Waals surface area contributed by atoms with Crippen LogP contribution in [0.2, 0.25) is 0 Å². The van der Waals surface area contributed by atoms with E-state index >= 15 is 0 Å². The number of ether oxygens (including phenoxy) is 2. The summed E-state index contributed by atoms with van der Waals surface area (Å²) in [4.78, 5) is 19.2. The summed E-state index contributed by atoms with van der Waals surface area (Å²) >= 11 is 0. The monoisotopic (exact) mass is 336 g/mol. The highest BCUT2D eigenvalue weighted by atomic mass is 16.7. The maximum Gasteiger partial charge on any atom is 0.325 e. The Bertz CT molecular complexity index is 1000. The molecule has 0 amide bonds. The number of hydrogen-bond acceptors (Lipinski definition) is 8. The van der Waals surface area contributed by atoms with Crippen LogP contribution in [0, 0.1) is 0 Å². The minimum Gasteiger partial charge on any atom is -0.497 e. The second-order valence-corrected chi connectivity index (χ2v) is 4.85. The van der Waals surface area contributed by atoms with Gasteiger partial charge in [-0.3, -0.25) is 0 Å². The summed E-state index contributed by atoms with van der Waals surface area (Å²) in [6, 6.07) is 12.3. The van der Waals surface area contributed by atoms with Crippen molar-refractivity contribution in [2.24, 2.45) is 0 Å². The maximum atomic E-state index is 5.61. The third-order valence-electron chi connectivity index (χ3n) is 3.24. The zero-order valence-electron chi connectivity index (χ0n) is 13.1. The van der Waals surface area contributed by atoms with Crippen LogP contribution in [0.25, 0.3) is 11.2 Å². The Hall–Kier alpha value is -3.75. The van der Waals surface area contributed by atoms with Crippen LogP contribution in [0.3, 0.4) is 0 Å². The zero-order chi connectivity index (χ0) is 17.1. The van der Waals surface area contributed by atoms with E-state index in [0.717, 1.165) is 5.75 Å². The van der Waals surface area contributed by atoms with Gasteiger partial charge in [0.15, 0.2) is 0 Å². The average Bonchev–Trinajstić information content (AvgIpc) is 3.06. The van der Waals surface area contributed by atoms with E-state index in [-0.39, 0.29) is 11.9 Å². The molecule has 0 spiro atoms. The molecule has 0 saturated carbocycles. The number of rotatable bonds is 5. The molecule has 124 valence electrons. The van der Waals surface area contributed by atoms with Crippen molar-refractivity contribution in [3.05, 3.63) is 54.9 Å². The highest BCUT2D eigenvalue weighted by Gasteiger charge is 2.09. The fraction of sp³-hybridized carbons (Fsp3) is 0.0625. The van der Waals surface area contributed by atoms with E-state index in [0.29, 0.717) is 16.9 Å². The van der Waals surface area contributed by atoms with E-state index in [2.05, 4.69) is 25.3 Å². The molecule has 0 bridgehead atoms. The van der Waals surface area contributed by atoms with Gasteiger partial charge in [0.25, 0.3) is 5.88 Å². The van der Waals surface area contributed by atoms with E-state index in [1.54, 1.807) is 55.8 Å². The Morgan fingerprint density at radius 3 is 2.60 bits per heavy atom. The Labute approximate surface area is 141 Å². The molecule has 0 fully saturated rings. The van der Waals surface area contributed by atoms with Crippen LogP contribution in [0.4, 0.5) is 0 Å². The van der Waals surface area contributed by atoms with E-state index in [1.165, 1.54) is 11.0 Å². The molecule has 9 nitrogen and oxygen atoms in total. The second-order valence-electron chi connectivity index (χ2n) is 4.85. The Balaban J connectivity index is 1.54. The molecule has 0 saturated heterocycles. The molecular formula is C16H12N6O3. The molecule has 0 aliphatic heterocycles. The average molecular weight is 336 g/mol. The lowest BCUT2D eigenvalue weighted by Crippen LogP contribution is -2.09. The molecule has 3 aromatic heterocycles. The van der Waals surface area contributed by atoms with Gasteiger partial charge in [-0.15, -0.1) is 5.10 Å². The molecule has 0 unspecified atom stereocenters. The normalized spacial score (nSPS) is 10.6. The van der Waals surface area contributed by atoms with Crippen LogP contribution in [-0.2, 0) is 0 Å². The summed E-state index contributed by atoms with van der Waals surface area (Å²) in [5.74, 6) is 1.55. The first-order valence-electron chi connectivity index (χ1n) is 7.31. The van der Waals surface area contributed by atoms with E-state index in [1.807, 2.05) is 0 Å². The van der Waals surface area contributed by atoms with Gasteiger partial charge in [0.2, 0.25) is 5.65 Å². The van der Waals surface area contributed by atoms with Gasteiger partial charge >= 0.3 is 6.01 Å². The number of hydrogen-bond donors (Lipinski definition) is 0. The van der Waals surface area contributed by atoms with Crippen LogP contribution >= 0.6 is 0 Å². The number of benzene rings is 1. The van der Waals surface area contributed by atoms with Crippen LogP contribution in [-0.4, -0.2) is 37.2 Å². The van der Waals surface area contributed by atoms with Crippen molar-refractivity contribution in [3.63, 3.8) is 0 Å². The molecule has 9 heteroatoms. The zero-order valence-corrected chi connectivity index (χ0v) is 13.1. The fourth-order valence-electron chi connectivity index (χ4n) is 2.07. The molecule has 0 aliphatic carbocycles. The number of aromatic nitrogens is 6. The minimum absolute atomic E-state index is 0.139. The number of pyridine rings is 1. The lowest BCUT2D eigenvalue weighted by molar-refractivity contribution is 0.172. The third-order valence-corrected chi connectivity index (χ3v) is 3.24. The SMILES string of the molecule is COc1ccc(Oc2nccc(On3nnc4cccnc43)n2)cc1. The van der Waals surface area contributed by atoms with Crippen molar-refractivity contribution < 1.29 is 14.3 Å². The van der Waals surface area contributed by atoms with Crippen molar-refractivity contribution in [1.82, 2.24) is 30.1 Å². The molecule has 4 rings (SSSR count). The summed E-state index contributed by atoms with van der Waals surface area (Å²) < 4.78 is 10.7. The summed E-state index contributed by atoms with van der Waals surface area (Å²) in [6.45, 7) is 0. The lowest BCUT2D eigenvalue weighted by Gasteiger charge is -2.06. The molecule has 0 atom stereocenters. The Kier molecular flexibility index (Phi) is 3.79. The molecule has 3 heterocycles. The van der Waals surface area contributed by atoms with Gasteiger partial charge in [0.05, 0.1) is 7.11 Å². The molecule has 4 aromatic rings. The van der Waals surface area contributed by atoms with Crippen molar-refractivity contribution >= 4 is 11.2 Å². The summed E-state index contributed by atoms with van der Waals surface area (Å²) in [5, 5.41) is 7.85. The van der Waals surface area contributed by atoms with E-state index < -0.39 is 0 Å². The lowest BCUT2D eigenvalue weighted by atomic mass is 10.3. The Morgan fingerprint density at radius 1 is 0.920 bits per heavy atom. The quantitative estimate of drug-likeness (QED) is 0.547. The van der Waals surface area contributed by atoms with Gasteiger partial charge in [-0.1, -0.05) is 4.85 Å². The van der Waals surface area contributed by atoms with Crippen LogP contribution in [0.5, 0.6) is 23.4 Å². The predicted molar refractivity (Wildman–Crippen MR) is 86.4 cm³/mol. The molecule has 0 N–H and O–H groups in total. The molecule has 0 radical (unpaired) electrons. The van der Waals surface area contributed by atoms with Crippen molar-refractivity contribution in [2.45, 2.75) is 0 Å². The Morgan fingerprint density at radius 2 is 1.76 bits per heavy atom. The minimum atomic E-state index is 0.139. The van der Waals surface area contributed by atoms with Crippen LogP contribution in [0.15, 0.2) is 54.9 Å². The second kappa shape index (κ2) is 6.40. The van der Waals surface area contributed by atoms with Crippen LogP contribution < -0.4 is 14.3 Å². The van der Waals surface area contributed by atoms with Crippen LogP contribution in [0.1, 0.15) is 0 Å². The van der Waals surface area contributed by atoms with E-state index in [9.17, 15) is 0 Å². The van der Waals surface area contributed by atoms with Gasteiger partial charge in [0.1, 0.15) is 17.0 Å². The first kappa shape index (κ1) is 14.8. The number of nitrogens with zero attached hydrogens (tertiary/aromatic N) is 6. The third kappa shape index (κ3) is 3.15. The van der Waals surface area contributed by atoms with Crippen molar-refractivity contribution in [1.29, 1.82) is 0 Å². The molecule has 1 aromatic carbocycles. The summed E-state index contributed by atoms with van der Waals surface area (Å²) in [5.41, 5.74) is 1.10. The standard InChI is InChI=1S/C16H12N6O3/c1-23-11-4-6-12(7-5-11)24-16-18-10-8-14(19-16)25-22-15-13(20-21-22)3-2-9-17-15/h2-10H,1H3. The smallest absolute Gasteiger partial charge is 0.325 e. The first-order chi connectivity index (χ1) is 12.3. The predicted octanol–water partition coefficient (Wildman–Crippen LogP) is 2.26. The molecule has 25 heavy (non-hydrogen) atoms. The number of fused-ring (bicyclic) bond motifs is 1.